The maximum atomic E-state index is 13.1. The first-order chi connectivity index (χ1) is 19.4. The molecule has 1 heterocycles. The minimum Gasteiger partial charge on any atom is -0.478 e. The molecule has 0 radical (unpaired) electrons. The number of carboxylic acid groups (broad SMARTS) is 1. The normalized spacial score (nSPS) is 14.7. The average Bonchev–Trinajstić information content (AvgIpc) is 3.36. The van der Waals surface area contributed by atoms with Crippen molar-refractivity contribution < 1.29 is 19.5 Å². The van der Waals surface area contributed by atoms with Crippen molar-refractivity contribution in [3.05, 3.63) is 95.7 Å². The van der Waals surface area contributed by atoms with Crippen molar-refractivity contribution in [1.82, 2.24) is 15.1 Å². The summed E-state index contributed by atoms with van der Waals surface area (Å²) in [6.07, 6.45) is 8.45. The maximum absolute atomic E-state index is 13.1. The van der Waals surface area contributed by atoms with Gasteiger partial charge in [0.1, 0.15) is 6.04 Å². The van der Waals surface area contributed by atoms with Gasteiger partial charge in [0.15, 0.2) is 0 Å². The molecule has 1 atom stereocenters. The summed E-state index contributed by atoms with van der Waals surface area (Å²) >= 11 is 0. The number of rotatable bonds is 8. The lowest BCUT2D eigenvalue weighted by Gasteiger charge is -2.23. The number of amides is 2. The van der Waals surface area contributed by atoms with Crippen LogP contribution in [0.25, 0.3) is 22.7 Å². The Morgan fingerprint density at radius 1 is 0.975 bits per heavy atom. The third-order valence-electron chi connectivity index (χ3n) is 7.30. The molecule has 0 spiro atoms. The number of aliphatic carboxylic acids is 1. The molecule has 40 heavy (non-hydrogen) atoms. The molecular formula is C32H32N4O4. The molecule has 2 amide bonds. The molecule has 204 valence electrons. The Hall–Kier alpha value is -4.72. The summed E-state index contributed by atoms with van der Waals surface area (Å²) < 4.78 is 2.03. The first kappa shape index (κ1) is 26.9. The summed E-state index contributed by atoms with van der Waals surface area (Å²) in [5.74, 6) is -1.33. The summed E-state index contributed by atoms with van der Waals surface area (Å²) in [4.78, 5) is 36.5. The Balaban J connectivity index is 1.31. The van der Waals surface area contributed by atoms with Crippen molar-refractivity contribution in [3.63, 3.8) is 0 Å². The molecule has 1 saturated carbocycles. The van der Waals surface area contributed by atoms with Gasteiger partial charge in [-0.2, -0.15) is 5.10 Å². The van der Waals surface area contributed by atoms with Gasteiger partial charge in [-0.3, -0.25) is 9.59 Å². The highest BCUT2D eigenvalue weighted by atomic mass is 16.4. The Morgan fingerprint density at radius 2 is 1.70 bits per heavy atom. The van der Waals surface area contributed by atoms with E-state index in [-0.39, 0.29) is 11.8 Å². The quantitative estimate of drug-likeness (QED) is 0.242. The van der Waals surface area contributed by atoms with Gasteiger partial charge in [-0.1, -0.05) is 55.7 Å². The SMILES string of the molecule is C[C@@H](NC(=O)c1ccc2c(C3CCCCC3)n(-c3ccccc3)nc2c1)C(=O)Nc1ccc(C=CC(=O)O)cc1. The molecule has 0 saturated heterocycles. The molecule has 8 nitrogen and oxygen atoms in total. The van der Waals surface area contributed by atoms with Gasteiger partial charge in [0.05, 0.1) is 16.9 Å². The van der Waals surface area contributed by atoms with Gasteiger partial charge in [-0.25, -0.2) is 9.48 Å². The van der Waals surface area contributed by atoms with Gasteiger partial charge >= 0.3 is 5.97 Å². The fourth-order valence-electron chi connectivity index (χ4n) is 5.22. The Kier molecular flexibility index (Phi) is 8.05. The Bertz CT molecular complexity index is 1550. The van der Waals surface area contributed by atoms with Gasteiger partial charge < -0.3 is 15.7 Å². The van der Waals surface area contributed by atoms with Crippen LogP contribution in [-0.4, -0.2) is 38.7 Å². The second-order valence-corrected chi connectivity index (χ2v) is 10.2. The standard InChI is InChI=1S/C32H32N4O4/c1-21(31(39)34-25-16-12-22(13-17-25)14-19-29(37)38)33-32(40)24-15-18-27-28(20-24)35-36(26-10-6-3-7-11-26)30(27)23-8-4-2-5-9-23/h3,6-7,10-21,23H,2,4-5,8-9H2,1H3,(H,33,40)(H,34,39)(H,37,38)/t21-/m1/s1. The average molecular weight is 537 g/mol. The van der Waals surface area contributed by atoms with E-state index < -0.39 is 12.0 Å². The molecule has 8 heteroatoms. The summed E-state index contributed by atoms with van der Waals surface area (Å²) in [5, 5.41) is 20.3. The maximum Gasteiger partial charge on any atom is 0.328 e. The molecule has 1 aliphatic rings. The van der Waals surface area contributed by atoms with Gasteiger partial charge in [-0.05, 0) is 67.8 Å². The summed E-state index contributed by atoms with van der Waals surface area (Å²) in [6.45, 7) is 1.63. The van der Waals surface area contributed by atoms with Crippen molar-refractivity contribution in [2.45, 2.75) is 51.0 Å². The zero-order valence-electron chi connectivity index (χ0n) is 22.3. The van der Waals surface area contributed by atoms with Crippen molar-refractivity contribution in [2.24, 2.45) is 0 Å². The number of hydrogen-bond acceptors (Lipinski definition) is 4. The second kappa shape index (κ2) is 12.0. The smallest absolute Gasteiger partial charge is 0.328 e. The molecule has 1 aliphatic carbocycles. The predicted octanol–water partition coefficient (Wildman–Crippen LogP) is 5.93. The lowest BCUT2D eigenvalue weighted by Crippen LogP contribution is -2.41. The molecule has 3 N–H and O–H groups in total. The molecule has 5 rings (SSSR count). The van der Waals surface area contributed by atoms with E-state index >= 15 is 0 Å². The van der Waals surface area contributed by atoms with Crippen LogP contribution in [-0.2, 0) is 9.59 Å². The van der Waals surface area contributed by atoms with E-state index in [2.05, 4.69) is 10.6 Å². The number of aromatic nitrogens is 2. The zero-order chi connectivity index (χ0) is 28.1. The fraction of sp³-hybridized carbons (Fsp3) is 0.250. The summed E-state index contributed by atoms with van der Waals surface area (Å²) in [5.41, 5.74) is 4.63. The summed E-state index contributed by atoms with van der Waals surface area (Å²) in [6, 6.07) is 21.6. The van der Waals surface area contributed by atoms with E-state index in [1.54, 1.807) is 43.3 Å². The number of nitrogens with zero attached hydrogens (tertiary/aromatic N) is 2. The minimum absolute atomic E-state index is 0.354. The van der Waals surface area contributed by atoms with Crippen LogP contribution >= 0.6 is 0 Å². The van der Waals surface area contributed by atoms with Crippen LogP contribution in [0.2, 0.25) is 0 Å². The number of carbonyl (C=O) groups is 3. The van der Waals surface area contributed by atoms with Crippen LogP contribution in [0.15, 0.2) is 78.9 Å². The number of hydrogen-bond donors (Lipinski definition) is 3. The highest BCUT2D eigenvalue weighted by Crippen LogP contribution is 2.38. The number of benzene rings is 3. The largest absolute Gasteiger partial charge is 0.478 e. The van der Waals surface area contributed by atoms with E-state index in [0.717, 1.165) is 35.5 Å². The number of anilines is 1. The van der Waals surface area contributed by atoms with Crippen LogP contribution in [0, 0.1) is 0 Å². The second-order valence-electron chi connectivity index (χ2n) is 10.2. The van der Waals surface area contributed by atoms with E-state index in [0.29, 0.717) is 22.7 Å². The highest BCUT2D eigenvalue weighted by molar-refractivity contribution is 6.02. The monoisotopic (exact) mass is 536 g/mol. The fourth-order valence-corrected chi connectivity index (χ4v) is 5.22. The number of carboxylic acids is 1. The number of carbonyl (C=O) groups excluding carboxylic acids is 2. The van der Waals surface area contributed by atoms with E-state index in [4.69, 9.17) is 10.2 Å². The predicted molar refractivity (Wildman–Crippen MR) is 156 cm³/mol. The van der Waals surface area contributed by atoms with Gasteiger partial charge in [-0.15, -0.1) is 0 Å². The number of para-hydroxylation sites is 1. The van der Waals surface area contributed by atoms with Crippen LogP contribution in [0.4, 0.5) is 5.69 Å². The molecule has 1 aromatic heterocycles. The van der Waals surface area contributed by atoms with Crippen molar-refractivity contribution >= 4 is 40.4 Å². The molecular weight excluding hydrogens is 504 g/mol. The first-order valence-electron chi connectivity index (χ1n) is 13.6. The van der Waals surface area contributed by atoms with Crippen LogP contribution in [0.5, 0.6) is 0 Å². The third-order valence-corrected chi connectivity index (χ3v) is 7.30. The van der Waals surface area contributed by atoms with Crippen molar-refractivity contribution in [3.8, 4) is 5.69 Å². The molecule has 1 fully saturated rings. The lowest BCUT2D eigenvalue weighted by molar-refractivity contribution is -0.131. The van der Waals surface area contributed by atoms with Crippen LogP contribution in [0.1, 0.15) is 66.6 Å². The van der Waals surface area contributed by atoms with Gasteiger partial charge in [0.2, 0.25) is 5.91 Å². The van der Waals surface area contributed by atoms with E-state index in [1.807, 2.05) is 41.1 Å². The van der Waals surface area contributed by atoms with Crippen LogP contribution < -0.4 is 10.6 Å². The van der Waals surface area contributed by atoms with Gasteiger partial charge in [0, 0.05) is 28.6 Å². The lowest BCUT2D eigenvalue weighted by atomic mass is 9.85. The Morgan fingerprint density at radius 3 is 2.40 bits per heavy atom. The molecule has 3 aromatic carbocycles. The molecule has 4 aromatic rings. The topological polar surface area (TPSA) is 113 Å². The zero-order valence-corrected chi connectivity index (χ0v) is 22.3. The summed E-state index contributed by atoms with van der Waals surface area (Å²) in [7, 11) is 0. The first-order valence-corrected chi connectivity index (χ1v) is 13.6. The van der Waals surface area contributed by atoms with E-state index in [9.17, 15) is 14.4 Å². The number of nitrogens with one attached hydrogen (secondary N) is 2. The van der Waals surface area contributed by atoms with Crippen LogP contribution in [0.3, 0.4) is 0 Å². The van der Waals surface area contributed by atoms with Crippen molar-refractivity contribution in [1.29, 1.82) is 0 Å². The Labute approximate surface area is 232 Å². The minimum atomic E-state index is -1.03. The van der Waals surface area contributed by atoms with E-state index in [1.165, 1.54) is 31.0 Å². The third kappa shape index (κ3) is 6.12. The number of fused-ring (bicyclic) bond motifs is 1. The molecule has 0 unspecified atom stereocenters. The molecule has 0 bridgehead atoms. The highest BCUT2D eigenvalue weighted by Gasteiger charge is 2.25. The van der Waals surface area contributed by atoms with Crippen molar-refractivity contribution in [2.75, 3.05) is 5.32 Å². The van der Waals surface area contributed by atoms with Gasteiger partial charge in [0.25, 0.3) is 5.91 Å². The molecule has 0 aliphatic heterocycles.